The number of nitrogens with one attached hydrogen (secondary N) is 2. The van der Waals surface area contributed by atoms with Crippen molar-refractivity contribution in [2.24, 2.45) is 5.10 Å². The van der Waals surface area contributed by atoms with Gasteiger partial charge in [-0.05, 0) is 35.4 Å². The number of ether oxygens (including phenoxy) is 1. The highest BCUT2D eigenvalue weighted by atomic mass is 16.5. The Morgan fingerprint density at radius 2 is 1.96 bits per heavy atom. The van der Waals surface area contributed by atoms with Gasteiger partial charge in [0.05, 0.1) is 25.3 Å². The van der Waals surface area contributed by atoms with Crippen molar-refractivity contribution >= 4 is 17.4 Å². The van der Waals surface area contributed by atoms with Gasteiger partial charge in [0, 0.05) is 18.7 Å². The predicted molar refractivity (Wildman–Crippen MR) is 97.2 cm³/mol. The van der Waals surface area contributed by atoms with Crippen molar-refractivity contribution in [3.05, 3.63) is 59.7 Å². The largest absolute Gasteiger partial charge is 0.497 e. The molecule has 3 N–H and O–H groups in total. The maximum absolute atomic E-state index is 10.5. The zero-order valence-electron chi connectivity index (χ0n) is 14.0. The molecule has 3 rings (SSSR count). The molecule has 0 spiro atoms. The fourth-order valence-corrected chi connectivity index (χ4v) is 2.75. The lowest BCUT2D eigenvalue weighted by atomic mass is 9.99. The zero-order chi connectivity index (χ0) is 17.6. The number of methoxy groups -OCH3 is 1. The molecule has 1 aliphatic rings. The van der Waals surface area contributed by atoms with Gasteiger partial charge in [-0.1, -0.05) is 24.3 Å². The highest BCUT2D eigenvalue weighted by molar-refractivity contribution is 6.02. The molecule has 0 saturated carbocycles. The van der Waals surface area contributed by atoms with Crippen molar-refractivity contribution in [3.8, 4) is 5.75 Å². The van der Waals surface area contributed by atoms with Gasteiger partial charge >= 0.3 is 5.97 Å². The van der Waals surface area contributed by atoms with Crippen LogP contribution in [0.15, 0.2) is 53.6 Å². The van der Waals surface area contributed by atoms with Gasteiger partial charge in [0.25, 0.3) is 0 Å². The maximum Gasteiger partial charge on any atom is 0.305 e. The molecular formula is C19H21N3O3. The smallest absolute Gasteiger partial charge is 0.305 e. The number of aliphatic carboxylic acids is 1. The van der Waals surface area contributed by atoms with E-state index in [2.05, 4.69) is 15.8 Å². The first kappa shape index (κ1) is 16.8. The molecule has 1 atom stereocenters. The molecule has 0 bridgehead atoms. The van der Waals surface area contributed by atoms with E-state index in [4.69, 9.17) is 9.84 Å². The first-order valence-corrected chi connectivity index (χ1v) is 8.18. The molecule has 1 aliphatic heterocycles. The molecule has 130 valence electrons. The number of hydrazone groups is 1. The molecule has 0 saturated heterocycles. The lowest BCUT2D eigenvalue weighted by Crippen LogP contribution is -2.09. The van der Waals surface area contributed by atoms with Crippen LogP contribution in [0.3, 0.4) is 0 Å². The third-order valence-corrected chi connectivity index (χ3v) is 4.16. The lowest BCUT2D eigenvalue weighted by Gasteiger charge is -2.11. The second-order valence-corrected chi connectivity index (χ2v) is 5.87. The van der Waals surface area contributed by atoms with E-state index >= 15 is 0 Å². The number of carbonyl (C=O) groups is 1. The standard InChI is InChI=1S/C19H21N3O3/c1-25-16-8-4-14(5-9-16)18-12-17(21-22-18)13-2-6-15(7-3-13)20-11-10-19(23)24/h2-9,18,20,22H,10-12H2,1H3,(H,23,24). The first-order valence-electron chi connectivity index (χ1n) is 8.18. The van der Waals surface area contributed by atoms with Crippen LogP contribution in [0.5, 0.6) is 5.75 Å². The molecule has 0 radical (unpaired) electrons. The minimum Gasteiger partial charge on any atom is -0.497 e. The summed E-state index contributed by atoms with van der Waals surface area (Å²) in [6, 6.07) is 16.0. The number of carboxylic acids is 1. The molecule has 6 heteroatoms. The van der Waals surface area contributed by atoms with E-state index < -0.39 is 5.97 Å². The fraction of sp³-hybridized carbons (Fsp3) is 0.263. The van der Waals surface area contributed by atoms with Gasteiger partial charge < -0.3 is 20.6 Å². The van der Waals surface area contributed by atoms with Gasteiger partial charge in [-0.15, -0.1) is 0 Å². The Bertz CT molecular complexity index is 754. The van der Waals surface area contributed by atoms with Crippen LogP contribution in [-0.2, 0) is 4.79 Å². The molecule has 0 amide bonds. The van der Waals surface area contributed by atoms with Crippen molar-refractivity contribution in [1.82, 2.24) is 5.43 Å². The number of nitrogens with zero attached hydrogens (tertiary/aromatic N) is 1. The average Bonchev–Trinajstić information content (AvgIpc) is 3.12. The van der Waals surface area contributed by atoms with Gasteiger partial charge in [0.15, 0.2) is 0 Å². The quantitative estimate of drug-likeness (QED) is 0.722. The predicted octanol–water partition coefficient (Wildman–Crippen LogP) is 3.02. The Balaban J connectivity index is 1.58. The maximum atomic E-state index is 10.5. The summed E-state index contributed by atoms with van der Waals surface area (Å²) >= 11 is 0. The lowest BCUT2D eigenvalue weighted by molar-refractivity contribution is -0.136. The molecule has 0 aromatic heterocycles. The van der Waals surface area contributed by atoms with E-state index in [1.54, 1.807) is 7.11 Å². The molecule has 0 fully saturated rings. The summed E-state index contributed by atoms with van der Waals surface area (Å²) in [7, 11) is 1.66. The summed E-state index contributed by atoms with van der Waals surface area (Å²) in [6.45, 7) is 0.413. The van der Waals surface area contributed by atoms with E-state index in [1.165, 1.54) is 5.56 Å². The van der Waals surface area contributed by atoms with Crippen LogP contribution in [0.25, 0.3) is 0 Å². The van der Waals surface area contributed by atoms with Crippen molar-refractivity contribution < 1.29 is 14.6 Å². The van der Waals surface area contributed by atoms with Crippen LogP contribution in [0.2, 0.25) is 0 Å². The number of hydrogen-bond acceptors (Lipinski definition) is 5. The van der Waals surface area contributed by atoms with Crippen LogP contribution >= 0.6 is 0 Å². The number of anilines is 1. The topological polar surface area (TPSA) is 83.0 Å². The van der Waals surface area contributed by atoms with E-state index in [0.717, 1.165) is 29.1 Å². The Hall–Kier alpha value is -3.02. The summed E-state index contributed by atoms with van der Waals surface area (Å²) in [5, 5.41) is 16.2. The number of hydrogen-bond donors (Lipinski definition) is 3. The van der Waals surface area contributed by atoms with Gasteiger partial charge in [0.1, 0.15) is 5.75 Å². The number of rotatable bonds is 7. The minimum atomic E-state index is -0.805. The van der Waals surface area contributed by atoms with Gasteiger partial charge in [-0.2, -0.15) is 5.10 Å². The number of carboxylic acid groups (broad SMARTS) is 1. The monoisotopic (exact) mass is 339 g/mol. The van der Waals surface area contributed by atoms with Crippen LogP contribution in [0.1, 0.15) is 30.0 Å². The van der Waals surface area contributed by atoms with Crippen molar-refractivity contribution in [2.75, 3.05) is 19.0 Å². The van der Waals surface area contributed by atoms with Crippen molar-refractivity contribution in [3.63, 3.8) is 0 Å². The van der Waals surface area contributed by atoms with Crippen molar-refractivity contribution in [1.29, 1.82) is 0 Å². The third kappa shape index (κ3) is 4.29. The Morgan fingerprint density at radius 3 is 2.60 bits per heavy atom. The highest BCUT2D eigenvalue weighted by Gasteiger charge is 2.21. The first-order chi connectivity index (χ1) is 12.2. The van der Waals surface area contributed by atoms with Crippen LogP contribution in [0, 0.1) is 0 Å². The van der Waals surface area contributed by atoms with Gasteiger partial charge in [-0.25, -0.2) is 0 Å². The summed E-state index contributed by atoms with van der Waals surface area (Å²) < 4.78 is 5.19. The zero-order valence-corrected chi connectivity index (χ0v) is 14.0. The minimum absolute atomic E-state index is 0.0991. The van der Waals surface area contributed by atoms with Crippen molar-refractivity contribution in [2.45, 2.75) is 18.9 Å². The summed E-state index contributed by atoms with van der Waals surface area (Å²) in [6.07, 6.45) is 0.917. The Morgan fingerprint density at radius 1 is 1.24 bits per heavy atom. The Kier molecular flexibility index (Phi) is 5.18. The van der Waals surface area contributed by atoms with E-state index in [9.17, 15) is 4.79 Å². The highest BCUT2D eigenvalue weighted by Crippen LogP contribution is 2.26. The molecule has 2 aromatic carbocycles. The van der Waals surface area contributed by atoms with E-state index in [1.807, 2.05) is 48.5 Å². The second-order valence-electron chi connectivity index (χ2n) is 5.87. The van der Waals surface area contributed by atoms with Gasteiger partial charge in [0.2, 0.25) is 0 Å². The average molecular weight is 339 g/mol. The summed E-state index contributed by atoms with van der Waals surface area (Å²) in [5.74, 6) is 0.0361. The Labute approximate surface area is 146 Å². The fourth-order valence-electron chi connectivity index (χ4n) is 2.75. The van der Waals surface area contributed by atoms with Crippen LogP contribution in [-0.4, -0.2) is 30.4 Å². The van der Waals surface area contributed by atoms with E-state index in [0.29, 0.717) is 6.54 Å². The summed E-state index contributed by atoms with van der Waals surface area (Å²) in [4.78, 5) is 10.5. The molecule has 2 aromatic rings. The number of benzene rings is 2. The second kappa shape index (κ2) is 7.70. The summed E-state index contributed by atoms with van der Waals surface area (Å²) in [5.41, 5.74) is 7.34. The SMILES string of the molecule is COc1ccc(C2CC(c3ccc(NCCC(=O)O)cc3)=NN2)cc1. The molecular weight excluding hydrogens is 318 g/mol. The van der Waals surface area contributed by atoms with Gasteiger partial charge in [-0.3, -0.25) is 4.79 Å². The van der Waals surface area contributed by atoms with Crippen LogP contribution in [0.4, 0.5) is 5.69 Å². The molecule has 1 unspecified atom stereocenters. The third-order valence-electron chi connectivity index (χ3n) is 4.16. The van der Waals surface area contributed by atoms with E-state index in [-0.39, 0.29) is 12.5 Å². The molecule has 0 aliphatic carbocycles. The normalized spacial score (nSPS) is 16.0. The molecule has 6 nitrogen and oxygen atoms in total. The molecule has 25 heavy (non-hydrogen) atoms. The van der Waals surface area contributed by atoms with Crippen LogP contribution < -0.4 is 15.5 Å². The molecule has 1 heterocycles.